The van der Waals surface area contributed by atoms with E-state index in [0.29, 0.717) is 42.1 Å². The largest absolute Gasteiger partial charge is 0.462 e. The molecule has 1 heterocycles. The summed E-state index contributed by atoms with van der Waals surface area (Å²) in [5.41, 5.74) is 3.04. The Labute approximate surface area is 276 Å². The summed E-state index contributed by atoms with van der Waals surface area (Å²) in [6, 6.07) is 5.94. The molecule has 0 bridgehead atoms. The molecule has 1 N–H and O–H groups in total. The van der Waals surface area contributed by atoms with Gasteiger partial charge in [0.1, 0.15) is 6.10 Å². The van der Waals surface area contributed by atoms with E-state index in [1.54, 1.807) is 6.92 Å². The first kappa shape index (κ1) is 32.1. The molecule has 6 nitrogen and oxygen atoms in total. The number of nitrogens with one attached hydrogen (secondary N) is 1. The van der Waals surface area contributed by atoms with E-state index in [2.05, 4.69) is 53.4 Å². The Morgan fingerprint density at radius 1 is 0.891 bits per heavy atom. The Hall–Kier alpha value is -2.50. The maximum Gasteiger partial charge on any atom is 0.302 e. The zero-order valence-electron chi connectivity index (χ0n) is 29.4. The third kappa shape index (κ3) is 4.61. The van der Waals surface area contributed by atoms with Gasteiger partial charge in [-0.15, -0.1) is 0 Å². The van der Waals surface area contributed by atoms with E-state index >= 15 is 0 Å². The number of ether oxygens (including phenoxy) is 3. The molecule has 0 radical (unpaired) electrons. The van der Waals surface area contributed by atoms with Crippen molar-refractivity contribution in [3.8, 4) is 11.5 Å². The van der Waals surface area contributed by atoms with Crippen LogP contribution in [-0.2, 0) is 20.9 Å². The van der Waals surface area contributed by atoms with Gasteiger partial charge in [-0.25, -0.2) is 0 Å². The van der Waals surface area contributed by atoms with Crippen LogP contribution >= 0.6 is 0 Å². The number of rotatable bonds is 5. The van der Waals surface area contributed by atoms with E-state index in [-0.39, 0.29) is 52.4 Å². The monoisotopic (exact) mass is 631 g/mol. The van der Waals surface area contributed by atoms with E-state index in [0.717, 1.165) is 42.7 Å². The average molecular weight is 632 g/mol. The average Bonchev–Trinajstić information content (AvgIpc) is 3.62. The molecule has 5 saturated carbocycles. The minimum absolute atomic E-state index is 0.0118. The lowest BCUT2D eigenvalue weighted by Crippen LogP contribution is -2.66. The Morgan fingerprint density at radius 2 is 1.63 bits per heavy atom. The smallest absolute Gasteiger partial charge is 0.302 e. The van der Waals surface area contributed by atoms with E-state index in [9.17, 15) is 9.59 Å². The maximum atomic E-state index is 13.9. The number of amides is 1. The predicted octanol–water partition coefficient (Wildman–Crippen LogP) is 8.48. The van der Waals surface area contributed by atoms with Gasteiger partial charge in [0.15, 0.2) is 11.5 Å². The molecule has 5 aliphatic carbocycles. The third-order valence-corrected chi connectivity index (χ3v) is 15.5. The van der Waals surface area contributed by atoms with E-state index in [1.165, 1.54) is 37.7 Å². The SMILES string of the molecule is C=C(C)[C@@H]1C[C@@H](C(=O)NCc2ccc3c(c2)OCO3)C2CC[C@]3(C)[C@H](CC[C@@H]4[C@@]5(C)CC[C@H](OC(C)=O)C(C)(C)[C@@H]5CC[C@]43C)[C@H]21. The molecule has 5 fully saturated rings. The molecule has 1 amide bonds. The van der Waals surface area contributed by atoms with Crippen molar-refractivity contribution in [2.75, 3.05) is 6.79 Å². The summed E-state index contributed by atoms with van der Waals surface area (Å²) < 4.78 is 17.0. The van der Waals surface area contributed by atoms with Gasteiger partial charge in [-0.3, -0.25) is 9.59 Å². The minimum Gasteiger partial charge on any atom is -0.462 e. The van der Waals surface area contributed by atoms with Gasteiger partial charge in [0.05, 0.1) is 0 Å². The number of allylic oxidation sites excluding steroid dienone is 1. The van der Waals surface area contributed by atoms with E-state index in [4.69, 9.17) is 14.2 Å². The summed E-state index contributed by atoms with van der Waals surface area (Å²) in [4.78, 5) is 26.0. The van der Waals surface area contributed by atoms with Crippen molar-refractivity contribution in [1.29, 1.82) is 0 Å². The van der Waals surface area contributed by atoms with Crippen LogP contribution in [0.15, 0.2) is 30.4 Å². The van der Waals surface area contributed by atoms with Crippen LogP contribution in [0, 0.1) is 63.1 Å². The molecule has 6 aliphatic rings. The van der Waals surface area contributed by atoms with Crippen LogP contribution in [0.3, 0.4) is 0 Å². The second kappa shape index (κ2) is 11.0. The van der Waals surface area contributed by atoms with Gasteiger partial charge >= 0.3 is 5.97 Å². The molecule has 7 rings (SSSR count). The summed E-state index contributed by atoms with van der Waals surface area (Å²) in [5.74, 6) is 4.82. The molecule has 1 aliphatic heterocycles. The molecule has 252 valence electrons. The minimum atomic E-state index is -0.143. The zero-order chi connectivity index (χ0) is 32.8. The van der Waals surface area contributed by atoms with Crippen LogP contribution in [-0.4, -0.2) is 24.8 Å². The van der Waals surface area contributed by atoms with E-state index < -0.39 is 0 Å². The maximum absolute atomic E-state index is 13.9. The predicted molar refractivity (Wildman–Crippen MR) is 179 cm³/mol. The number of carbonyl (C=O) groups is 2. The van der Waals surface area contributed by atoms with Crippen molar-refractivity contribution in [3.63, 3.8) is 0 Å². The Bertz CT molecular complexity index is 1420. The van der Waals surface area contributed by atoms with Crippen molar-refractivity contribution in [3.05, 3.63) is 35.9 Å². The summed E-state index contributed by atoms with van der Waals surface area (Å²) >= 11 is 0. The molecular formula is C40H57NO5. The van der Waals surface area contributed by atoms with Crippen LogP contribution in [0.1, 0.15) is 112 Å². The number of carbonyl (C=O) groups excluding carboxylic acids is 2. The lowest BCUT2D eigenvalue weighted by atomic mass is 9.33. The number of hydrogen-bond acceptors (Lipinski definition) is 5. The molecule has 6 heteroatoms. The first-order valence-corrected chi connectivity index (χ1v) is 18.2. The van der Waals surface area contributed by atoms with E-state index in [1.807, 2.05) is 18.2 Å². The number of fused-ring (bicyclic) bond motifs is 8. The highest BCUT2D eigenvalue weighted by atomic mass is 16.7. The zero-order valence-corrected chi connectivity index (χ0v) is 29.4. The molecule has 46 heavy (non-hydrogen) atoms. The van der Waals surface area contributed by atoms with Gasteiger partial charge in [-0.2, -0.15) is 0 Å². The van der Waals surface area contributed by atoms with Crippen LogP contribution < -0.4 is 14.8 Å². The van der Waals surface area contributed by atoms with Crippen molar-refractivity contribution in [2.45, 2.75) is 119 Å². The summed E-state index contributed by atoms with van der Waals surface area (Å²) in [6.45, 7) is 21.7. The molecule has 11 atom stereocenters. The van der Waals surface area contributed by atoms with Crippen molar-refractivity contribution >= 4 is 11.9 Å². The van der Waals surface area contributed by atoms with Gasteiger partial charge in [0, 0.05) is 24.8 Å². The molecule has 0 saturated heterocycles. The van der Waals surface area contributed by atoms with Crippen LogP contribution in [0.25, 0.3) is 0 Å². The fourth-order valence-corrected chi connectivity index (χ4v) is 13.3. The molecule has 0 spiro atoms. The summed E-state index contributed by atoms with van der Waals surface area (Å²) in [5, 5.41) is 3.32. The number of hydrogen-bond donors (Lipinski definition) is 1. The molecular weight excluding hydrogens is 574 g/mol. The highest BCUT2D eigenvalue weighted by Crippen LogP contribution is 2.76. The third-order valence-electron chi connectivity index (χ3n) is 15.5. The van der Waals surface area contributed by atoms with Crippen LogP contribution in [0.2, 0.25) is 0 Å². The highest BCUT2D eigenvalue weighted by molar-refractivity contribution is 5.79. The first-order valence-electron chi connectivity index (χ1n) is 18.2. The molecule has 1 aromatic carbocycles. The van der Waals surface area contributed by atoms with Crippen LogP contribution in [0.4, 0.5) is 0 Å². The molecule has 0 aromatic heterocycles. The lowest BCUT2D eigenvalue weighted by Gasteiger charge is -2.72. The Morgan fingerprint density at radius 3 is 2.37 bits per heavy atom. The van der Waals surface area contributed by atoms with Gasteiger partial charge in [0.25, 0.3) is 0 Å². The first-order chi connectivity index (χ1) is 21.7. The highest BCUT2D eigenvalue weighted by Gasteiger charge is 2.70. The summed E-state index contributed by atoms with van der Waals surface area (Å²) in [6.07, 6.45) is 10.4. The second-order valence-electron chi connectivity index (χ2n) is 17.6. The standard InChI is InChI=1S/C40H57NO5/c1-23(2)27-20-28(36(43)41-21-25-9-11-30-31(19-25)45-22-44-30)26-13-17-39(7)29(35(26)27)10-12-33-38(6)16-15-34(46-24(3)42)37(4,5)32(38)14-18-40(33,39)8/h9,11,19,26-29,32-35H,1,10,12-18,20-22H2,2-8H3,(H,41,43)/t26?,27-,28+,29+,32-,33+,34-,35+,38-,39+,40+/m0/s1. The van der Waals surface area contributed by atoms with Gasteiger partial charge < -0.3 is 19.5 Å². The van der Waals surface area contributed by atoms with Crippen molar-refractivity contribution in [1.82, 2.24) is 5.32 Å². The van der Waals surface area contributed by atoms with Gasteiger partial charge in [0.2, 0.25) is 12.7 Å². The van der Waals surface area contributed by atoms with Gasteiger partial charge in [-0.05, 0) is 134 Å². The quantitative estimate of drug-likeness (QED) is 0.261. The topological polar surface area (TPSA) is 73.9 Å². The number of esters is 1. The number of benzene rings is 1. The van der Waals surface area contributed by atoms with Gasteiger partial charge in [-0.1, -0.05) is 52.8 Å². The normalized spacial score (nSPS) is 43.4. The van der Waals surface area contributed by atoms with Crippen molar-refractivity contribution in [2.24, 2.45) is 63.1 Å². The molecule has 1 unspecified atom stereocenters. The Kier molecular flexibility index (Phi) is 7.68. The fourth-order valence-electron chi connectivity index (χ4n) is 13.3. The lowest BCUT2D eigenvalue weighted by molar-refractivity contribution is -0.244. The summed E-state index contributed by atoms with van der Waals surface area (Å²) in [7, 11) is 0. The fraction of sp³-hybridized carbons (Fsp3) is 0.750. The van der Waals surface area contributed by atoms with Crippen LogP contribution in [0.5, 0.6) is 11.5 Å². The second-order valence-corrected chi connectivity index (χ2v) is 17.6. The molecule has 1 aromatic rings. The van der Waals surface area contributed by atoms with Crippen molar-refractivity contribution < 1.29 is 23.8 Å². The Balaban J connectivity index is 1.12.